The van der Waals surface area contributed by atoms with Crippen molar-refractivity contribution in [2.45, 2.75) is 0 Å². The summed E-state index contributed by atoms with van der Waals surface area (Å²) >= 11 is 0. The summed E-state index contributed by atoms with van der Waals surface area (Å²) in [4.78, 5) is 0. The third kappa shape index (κ3) is 23.3. The summed E-state index contributed by atoms with van der Waals surface area (Å²) in [5, 5.41) is 12.6. The number of nitrogens with one attached hydrogen (secondary N) is 1. The molecule has 0 saturated heterocycles. The molecule has 0 fully saturated rings. The molecule has 0 aliphatic heterocycles. The van der Waals surface area contributed by atoms with Gasteiger partial charge in [0.2, 0.25) is 0 Å². The number of rotatable bonds is 0. The van der Waals surface area contributed by atoms with Crippen molar-refractivity contribution in [3.05, 3.63) is 0 Å². The average molecular weight is 92.1 g/mol. The lowest BCUT2D eigenvalue weighted by Gasteiger charge is -1.69. The molecular formula is CH8N4O. The molecule has 5 nitrogen and oxygen atoms in total. The van der Waals surface area contributed by atoms with Crippen LogP contribution in [0.1, 0.15) is 0 Å². The normalized spacial score (nSPS) is 5.00. The van der Waals surface area contributed by atoms with Gasteiger partial charge in [-0.2, -0.15) is 0 Å². The predicted octanol–water partition coefficient (Wildman–Crippen LogP) is -1.83. The maximum absolute atomic E-state index is 6.50. The summed E-state index contributed by atoms with van der Waals surface area (Å²) in [5.41, 5.74) is 8.94. The molecule has 0 radical (unpaired) electrons. The van der Waals surface area contributed by atoms with Gasteiger partial charge in [-0.3, -0.25) is 5.41 Å². The number of guanidine groups is 1. The third-order valence-electron chi connectivity index (χ3n) is 0. The third-order valence-corrected chi connectivity index (χ3v) is 0. The molecule has 0 aromatic carbocycles. The van der Waals surface area contributed by atoms with Gasteiger partial charge in [0.25, 0.3) is 0 Å². The average Bonchev–Trinajstić information content (AvgIpc) is 1.41. The molecule has 0 heterocycles. The summed E-state index contributed by atoms with van der Waals surface area (Å²) in [6.45, 7) is 0. The largest absolute Gasteiger partial charge is 0.370 e. The Morgan fingerprint density at radius 2 is 1.33 bits per heavy atom. The molecule has 0 amide bonds. The number of hydrogen-bond donors (Lipinski definition) is 5. The van der Waals surface area contributed by atoms with Gasteiger partial charge in [0.15, 0.2) is 5.96 Å². The van der Waals surface area contributed by atoms with Crippen molar-refractivity contribution < 1.29 is 5.21 Å². The Morgan fingerprint density at radius 1 is 1.33 bits per heavy atom. The first-order chi connectivity index (χ1) is 2.73. The lowest BCUT2D eigenvalue weighted by molar-refractivity contribution is 0.311. The van der Waals surface area contributed by atoms with E-state index >= 15 is 0 Å². The Balaban J connectivity index is 0. The molecule has 38 valence electrons. The fourth-order valence-electron chi connectivity index (χ4n) is 0. The summed E-state index contributed by atoms with van der Waals surface area (Å²) in [7, 11) is 0. The maximum Gasteiger partial charge on any atom is 0.183 e. The van der Waals surface area contributed by atoms with Crippen LogP contribution in [0.5, 0.6) is 0 Å². The second kappa shape index (κ2) is 8.89. The van der Waals surface area contributed by atoms with E-state index in [1.807, 2.05) is 0 Å². The van der Waals surface area contributed by atoms with Crippen LogP contribution in [0.25, 0.3) is 0 Å². The van der Waals surface area contributed by atoms with Crippen molar-refractivity contribution in [1.82, 2.24) is 0 Å². The first kappa shape index (κ1) is 8.95. The standard InChI is InChI=1S/CH5N3.H3NO/c2-1(3)4;1-2/h(H5,2,3,4);2H,1H2. The van der Waals surface area contributed by atoms with Crippen LogP contribution in [0.3, 0.4) is 0 Å². The molecule has 0 aliphatic carbocycles. The van der Waals surface area contributed by atoms with Gasteiger partial charge in [-0.15, -0.1) is 0 Å². The van der Waals surface area contributed by atoms with Gasteiger partial charge in [-0.1, -0.05) is 0 Å². The quantitative estimate of drug-likeness (QED) is 0.137. The van der Waals surface area contributed by atoms with E-state index < -0.39 is 0 Å². The van der Waals surface area contributed by atoms with E-state index in [1.165, 1.54) is 0 Å². The molecule has 5 heteroatoms. The first-order valence-electron chi connectivity index (χ1n) is 1.09. The Hall–Kier alpha value is -0.810. The fraction of sp³-hybridized carbons (Fsp3) is 0. The highest BCUT2D eigenvalue weighted by Crippen LogP contribution is 1.13. The Morgan fingerprint density at radius 3 is 1.33 bits per heavy atom. The van der Waals surface area contributed by atoms with E-state index in [4.69, 9.17) is 10.6 Å². The van der Waals surface area contributed by atoms with E-state index in [0.717, 1.165) is 0 Å². The molecule has 0 aliphatic rings. The minimum Gasteiger partial charge on any atom is -0.370 e. The molecule has 6 heavy (non-hydrogen) atoms. The minimum absolute atomic E-state index is 0.333. The Labute approximate surface area is 35.2 Å². The molecule has 0 bridgehead atoms. The highest BCUT2D eigenvalue weighted by Gasteiger charge is 1.52. The molecule has 0 rings (SSSR count). The zero-order valence-electron chi connectivity index (χ0n) is 3.18. The molecule has 0 aromatic heterocycles. The summed E-state index contributed by atoms with van der Waals surface area (Å²) in [6.07, 6.45) is 0. The molecule has 0 atom stereocenters. The smallest absolute Gasteiger partial charge is 0.183 e. The van der Waals surface area contributed by atoms with Gasteiger partial charge in [0, 0.05) is 0 Å². The van der Waals surface area contributed by atoms with Crippen LogP contribution in [0.2, 0.25) is 0 Å². The lowest BCUT2D eigenvalue weighted by atomic mass is 11.1. The molecule has 0 unspecified atom stereocenters. The molecule has 8 N–H and O–H groups in total. The van der Waals surface area contributed by atoms with Crippen molar-refractivity contribution in [3.8, 4) is 0 Å². The van der Waals surface area contributed by atoms with Crippen molar-refractivity contribution in [3.63, 3.8) is 0 Å². The van der Waals surface area contributed by atoms with Gasteiger partial charge in [0.1, 0.15) is 0 Å². The SMILES string of the molecule is N=C(N)N.NO. The van der Waals surface area contributed by atoms with Gasteiger partial charge >= 0.3 is 0 Å². The first-order valence-corrected chi connectivity index (χ1v) is 1.09. The summed E-state index contributed by atoms with van der Waals surface area (Å²) in [5.74, 6) is 3.17. The van der Waals surface area contributed by atoms with Crippen LogP contribution >= 0.6 is 0 Å². The van der Waals surface area contributed by atoms with Crippen molar-refractivity contribution in [1.29, 1.82) is 5.41 Å². The molecular weight excluding hydrogens is 84.0 g/mol. The van der Waals surface area contributed by atoms with Crippen LogP contribution in [0.4, 0.5) is 0 Å². The summed E-state index contributed by atoms with van der Waals surface area (Å²) in [6, 6.07) is 0. The highest BCUT2D eigenvalue weighted by atomic mass is 16.4. The van der Waals surface area contributed by atoms with Gasteiger partial charge in [-0.25, -0.2) is 5.90 Å². The maximum atomic E-state index is 6.50. The van der Waals surface area contributed by atoms with E-state index in [0.29, 0.717) is 0 Å². The van der Waals surface area contributed by atoms with Crippen LogP contribution in [-0.4, -0.2) is 11.2 Å². The Kier molecular flexibility index (Phi) is 13.3. The highest BCUT2D eigenvalue weighted by molar-refractivity contribution is 5.71. The number of hydrogen-bond acceptors (Lipinski definition) is 3. The number of nitrogens with two attached hydrogens (primary N) is 3. The lowest BCUT2D eigenvalue weighted by Crippen LogP contribution is -2.20. The van der Waals surface area contributed by atoms with E-state index in [2.05, 4.69) is 17.4 Å². The second-order valence-electron chi connectivity index (χ2n) is 0.455. The molecule has 0 saturated carbocycles. The van der Waals surface area contributed by atoms with Crippen LogP contribution in [0, 0.1) is 5.41 Å². The predicted molar refractivity (Wildman–Crippen MR) is 22.1 cm³/mol. The van der Waals surface area contributed by atoms with Gasteiger partial charge < -0.3 is 16.7 Å². The van der Waals surface area contributed by atoms with Crippen LogP contribution in [-0.2, 0) is 0 Å². The van der Waals surface area contributed by atoms with Crippen molar-refractivity contribution in [2.75, 3.05) is 0 Å². The van der Waals surface area contributed by atoms with Gasteiger partial charge in [-0.05, 0) is 0 Å². The van der Waals surface area contributed by atoms with E-state index in [-0.39, 0.29) is 5.96 Å². The van der Waals surface area contributed by atoms with E-state index in [1.54, 1.807) is 0 Å². The summed E-state index contributed by atoms with van der Waals surface area (Å²) < 4.78 is 0. The van der Waals surface area contributed by atoms with Crippen molar-refractivity contribution >= 4 is 5.96 Å². The zero-order valence-corrected chi connectivity index (χ0v) is 3.18. The molecule has 0 aromatic rings. The topological polar surface area (TPSA) is 122 Å². The fourth-order valence-corrected chi connectivity index (χ4v) is 0. The van der Waals surface area contributed by atoms with Crippen molar-refractivity contribution in [2.24, 2.45) is 17.4 Å². The van der Waals surface area contributed by atoms with Crippen LogP contribution in [0.15, 0.2) is 0 Å². The second-order valence-corrected chi connectivity index (χ2v) is 0.455. The van der Waals surface area contributed by atoms with Crippen LogP contribution < -0.4 is 17.4 Å². The van der Waals surface area contributed by atoms with E-state index in [9.17, 15) is 0 Å². The van der Waals surface area contributed by atoms with Gasteiger partial charge in [0.05, 0.1) is 0 Å². The monoisotopic (exact) mass is 92.1 g/mol. The minimum atomic E-state index is -0.333. The Bertz CT molecular complexity index is 30.5. The molecule has 0 spiro atoms. The zero-order chi connectivity index (χ0) is 5.58.